The predicted molar refractivity (Wildman–Crippen MR) is 165 cm³/mol. The molecule has 1 atom stereocenters. The lowest BCUT2D eigenvalue weighted by Gasteiger charge is -2.34. The van der Waals surface area contributed by atoms with Crippen molar-refractivity contribution in [1.82, 2.24) is 10.2 Å². The van der Waals surface area contributed by atoms with Gasteiger partial charge in [-0.3, -0.25) is 13.9 Å². The Morgan fingerprint density at radius 3 is 2.17 bits per heavy atom. The minimum Gasteiger partial charge on any atom is -0.497 e. The average Bonchev–Trinajstić information content (AvgIpc) is 3.01. The molecule has 1 N–H and O–H groups in total. The number of nitrogens with one attached hydrogen (secondary N) is 1. The van der Waals surface area contributed by atoms with E-state index in [1.807, 2.05) is 38.1 Å². The SMILES string of the molecule is CCC(C(=O)NC1CCCCC1)N(Cc1ccc(OC)cc1)C(=O)CN(c1ccc(C)cc1)S(=O)(=O)c1ccccc1. The minimum atomic E-state index is -4.08. The average molecular weight is 592 g/mol. The second kappa shape index (κ2) is 14.4. The molecule has 1 aliphatic rings. The molecule has 3 aromatic carbocycles. The van der Waals surface area contributed by atoms with Crippen molar-refractivity contribution < 1.29 is 22.7 Å². The van der Waals surface area contributed by atoms with E-state index in [2.05, 4.69) is 5.32 Å². The van der Waals surface area contributed by atoms with Gasteiger partial charge in [0.2, 0.25) is 11.8 Å². The Morgan fingerprint density at radius 1 is 0.929 bits per heavy atom. The van der Waals surface area contributed by atoms with Gasteiger partial charge < -0.3 is 15.0 Å². The molecule has 2 amide bonds. The summed E-state index contributed by atoms with van der Waals surface area (Å²) in [5.74, 6) is 0.00816. The minimum absolute atomic E-state index is 0.0840. The Hall–Kier alpha value is -3.85. The predicted octanol–water partition coefficient (Wildman–Crippen LogP) is 5.46. The van der Waals surface area contributed by atoms with Gasteiger partial charge in [0.15, 0.2) is 0 Å². The van der Waals surface area contributed by atoms with Gasteiger partial charge in [-0.25, -0.2) is 8.42 Å². The number of methoxy groups -OCH3 is 1. The van der Waals surface area contributed by atoms with Crippen LogP contribution in [0.15, 0.2) is 83.8 Å². The first kappa shape index (κ1) is 31.1. The van der Waals surface area contributed by atoms with Crippen molar-refractivity contribution in [3.05, 3.63) is 90.0 Å². The first-order valence-corrected chi connectivity index (χ1v) is 16.0. The Bertz CT molecular complexity index is 1420. The Kier molecular flexibility index (Phi) is 10.6. The maximum Gasteiger partial charge on any atom is 0.264 e. The molecule has 1 saturated carbocycles. The summed E-state index contributed by atoms with van der Waals surface area (Å²) in [6.07, 6.45) is 5.53. The van der Waals surface area contributed by atoms with Crippen molar-refractivity contribution >= 4 is 27.5 Å². The monoisotopic (exact) mass is 591 g/mol. The van der Waals surface area contributed by atoms with Crippen molar-refractivity contribution in [3.63, 3.8) is 0 Å². The molecule has 42 heavy (non-hydrogen) atoms. The fourth-order valence-electron chi connectivity index (χ4n) is 5.35. The van der Waals surface area contributed by atoms with E-state index in [1.165, 1.54) is 17.0 Å². The number of rotatable bonds is 12. The molecule has 1 unspecified atom stereocenters. The van der Waals surface area contributed by atoms with E-state index < -0.39 is 28.5 Å². The molecule has 1 fully saturated rings. The quantitative estimate of drug-likeness (QED) is 0.302. The van der Waals surface area contributed by atoms with Gasteiger partial charge in [0, 0.05) is 12.6 Å². The Balaban J connectivity index is 1.69. The Morgan fingerprint density at radius 2 is 1.57 bits per heavy atom. The van der Waals surface area contributed by atoms with E-state index in [4.69, 9.17) is 4.74 Å². The molecule has 9 heteroatoms. The molecule has 8 nitrogen and oxygen atoms in total. The number of carbonyl (C=O) groups excluding carboxylic acids is 2. The Labute approximate surface area is 249 Å². The number of nitrogens with zero attached hydrogens (tertiary/aromatic N) is 2. The number of carbonyl (C=O) groups is 2. The number of anilines is 1. The summed E-state index contributed by atoms with van der Waals surface area (Å²) < 4.78 is 34.2. The normalized spacial score (nSPS) is 14.5. The van der Waals surface area contributed by atoms with Crippen LogP contribution in [-0.4, -0.2) is 50.9 Å². The molecule has 0 saturated heterocycles. The third-order valence-corrected chi connectivity index (χ3v) is 9.57. The second-order valence-corrected chi connectivity index (χ2v) is 12.7. The maximum atomic E-state index is 14.2. The van der Waals surface area contributed by atoms with Gasteiger partial charge in [0.05, 0.1) is 17.7 Å². The molecule has 0 heterocycles. The van der Waals surface area contributed by atoms with Crippen LogP contribution in [-0.2, 0) is 26.2 Å². The topological polar surface area (TPSA) is 96.0 Å². The van der Waals surface area contributed by atoms with Crippen molar-refractivity contribution in [3.8, 4) is 5.75 Å². The number of hydrogen-bond donors (Lipinski definition) is 1. The standard InChI is InChI=1S/C33H41N3O5S/c1-4-31(33(38)34-27-11-7-5-8-12-27)35(23-26-17-21-29(41-3)22-18-26)32(37)24-36(28-19-15-25(2)16-20-28)42(39,40)30-13-9-6-10-14-30/h6,9-10,13-22,27,31H,4-5,7-8,11-12,23-24H2,1-3H3,(H,34,38). The van der Waals surface area contributed by atoms with Gasteiger partial charge in [0.25, 0.3) is 10.0 Å². The van der Waals surface area contributed by atoms with Gasteiger partial charge in [0.1, 0.15) is 18.3 Å². The highest BCUT2D eigenvalue weighted by Gasteiger charge is 2.34. The third-order valence-electron chi connectivity index (χ3n) is 7.78. The molecule has 0 bridgehead atoms. The van der Waals surface area contributed by atoms with Crippen LogP contribution < -0.4 is 14.4 Å². The number of hydrogen-bond acceptors (Lipinski definition) is 5. The van der Waals surface area contributed by atoms with E-state index in [1.54, 1.807) is 49.6 Å². The molecular formula is C33H41N3O5S. The number of ether oxygens (including phenoxy) is 1. The maximum absolute atomic E-state index is 14.2. The first-order chi connectivity index (χ1) is 20.2. The van der Waals surface area contributed by atoms with Crippen LogP contribution in [0.2, 0.25) is 0 Å². The summed E-state index contributed by atoms with van der Waals surface area (Å²) >= 11 is 0. The lowest BCUT2D eigenvalue weighted by Crippen LogP contribution is -2.54. The lowest BCUT2D eigenvalue weighted by atomic mass is 9.95. The highest BCUT2D eigenvalue weighted by atomic mass is 32.2. The summed E-state index contributed by atoms with van der Waals surface area (Å²) in [4.78, 5) is 29.4. The van der Waals surface area contributed by atoms with E-state index in [-0.39, 0.29) is 23.4 Å². The second-order valence-electron chi connectivity index (χ2n) is 10.8. The van der Waals surface area contributed by atoms with Gasteiger partial charge >= 0.3 is 0 Å². The van der Waals surface area contributed by atoms with Crippen LogP contribution in [0.3, 0.4) is 0 Å². The molecule has 3 aromatic rings. The van der Waals surface area contributed by atoms with E-state index in [9.17, 15) is 18.0 Å². The van der Waals surface area contributed by atoms with Crippen LogP contribution in [0.4, 0.5) is 5.69 Å². The smallest absolute Gasteiger partial charge is 0.264 e. The summed E-state index contributed by atoms with van der Waals surface area (Å²) in [5, 5.41) is 3.17. The summed E-state index contributed by atoms with van der Waals surface area (Å²) in [5.41, 5.74) is 2.15. The molecule has 0 spiro atoms. The van der Waals surface area contributed by atoms with E-state index >= 15 is 0 Å². The number of aryl methyl sites for hydroxylation is 1. The molecule has 224 valence electrons. The highest BCUT2D eigenvalue weighted by molar-refractivity contribution is 7.92. The zero-order valence-corrected chi connectivity index (χ0v) is 25.5. The molecule has 0 radical (unpaired) electrons. The zero-order valence-electron chi connectivity index (χ0n) is 24.7. The van der Waals surface area contributed by atoms with Crippen LogP contribution in [0.25, 0.3) is 0 Å². The third kappa shape index (κ3) is 7.70. The van der Waals surface area contributed by atoms with Crippen LogP contribution in [0.1, 0.15) is 56.6 Å². The fraction of sp³-hybridized carbons (Fsp3) is 0.394. The van der Waals surface area contributed by atoms with E-state index in [0.717, 1.165) is 47.5 Å². The zero-order chi connectivity index (χ0) is 30.1. The van der Waals surface area contributed by atoms with Gasteiger partial charge in [-0.1, -0.05) is 74.2 Å². The van der Waals surface area contributed by atoms with Gasteiger partial charge in [-0.05, 0) is 68.1 Å². The van der Waals surface area contributed by atoms with Gasteiger partial charge in [-0.15, -0.1) is 0 Å². The summed E-state index contributed by atoms with van der Waals surface area (Å²) in [7, 11) is -2.50. The van der Waals surface area contributed by atoms with Gasteiger partial charge in [-0.2, -0.15) is 0 Å². The number of sulfonamides is 1. The van der Waals surface area contributed by atoms with Crippen LogP contribution in [0, 0.1) is 6.92 Å². The van der Waals surface area contributed by atoms with Crippen molar-refractivity contribution in [2.75, 3.05) is 18.0 Å². The fourth-order valence-corrected chi connectivity index (χ4v) is 6.79. The molecular weight excluding hydrogens is 550 g/mol. The molecule has 0 aliphatic heterocycles. The van der Waals surface area contributed by atoms with Crippen LogP contribution in [0.5, 0.6) is 5.75 Å². The van der Waals surface area contributed by atoms with E-state index in [0.29, 0.717) is 17.9 Å². The molecule has 4 rings (SSSR count). The highest BCUT2D eigenvalue weighted by Crippen LogP contribution is 2.26. The number of benzene rings is 3. The van der Waals surface area contributed by atoms with Crippen molar-refractivity contribution in [2.45, 2.75) is 75.9 Å². The largest absolute Gasteiger partial charge is 0.497 e. The molecule has 0 aromatic heterocycles. The summed E-state index contributed by atoms with van der Waals surface area (Å²) in [6.45, 7) is 3.48. The van der Waals surface area contributed by atoms with Crippen molar-refractivity contribution in [2.24, 2.45) is 0 Å². The number of amides is 2. The summed E-state index contributed by atoms with van der Waals surface area (Å²) in [6, 6.07) is 21.7. The first-order valence-electron chi connectivity index (χ1n) is 14.6. The van der Waals surface area contributed by atoms with Crippen LogP contribution >= 0.6 is 0 Å². The molecule has 1 aliphatic carbocycles. The van der Waals surface area contributed by atoms with Crippen molar-refractivity contribution in [1.29, 1.82) is 0 Å². The lowest BCUT2D eigenvalue weighted by molar-refractivity contribution is -0.140.